The lowest BCUT2D eigenvalue weighted by Crippen LogP contribution is -2.30. The van der Waals surface area contributed by atoms with Gasteiger partial charge in [-0.05, 0) is 55.5 Å². The average molecular weight is 572 g/mol. The van der Waals surface area contributed by atoms with Crippen molar-refractivity contribution in [3.8, 4) is 0 Å². The van der Waals surface area contributed by atoms with Crippen LogP contribution in [0.3, 0.4) is 0 Å². The number of esters is 1. The van der Waals surface area contributed by atoms with Crippen LogP contribution in [-0.2, 0) is 25.7 Å². The number of alkyl halides is 3. The van der Waals surface area contributed by atoms with E-state index < -0.39 is 44.7 Å². The van der Waals surface area contributed by atoms with Crippen LogP contribution >= 0.6 is 11.6 Å². The molecule has 0 aliphatic heterocycles. The first kappa shape index (κ1) is 28.4. The molecule has 0 aromatic heterocycles. The Morgan fingerprint density at radius 1 is 1.05 bits per heavy atom. The van der Waals surface area contributed by atoms with E-state index in [2.05, 4.69) is 5.32 Å². The van der Waals surface area contributed by atoms with Crippen molar-refractivity contribution in [1.29, 1.82) is 0 Å². The predicted molar refractivity (Wildman–Crippen MR) is 130 cm³/mol. The highest BCUT2D eigenvalue weighted by atomic mass is 35.5. The van der Waals surface area contributed by atoms with Gasteiger partial charge in [0.25, 0.3) is 21.6 Å². The minimum Gasteiger partial charge on any atom is -0.449 e. The van der Waals surface area contributed by atoms with E-state index in [4.69, 9.17) is 16.3 Å². The third kappa shape index (κ3) is 6.98. The Labute approximate surface area is 218 Å². The number of hydrogen-bond donors (Lipinski definition) is 2. The van der Waals surface area contributed by atoms with Gasteiger partial charge in [0.2, 0.25) is 0 Å². The molecule has 1 atom stereocenters. The standard InChI is InChI=1S/C23H17ClF3N3O7S/c1-13(21(31)28-20-12-17(30(33)34)7-10-19(20)24)37-22(32)14-5-8-18(9-6-14)38(35,36)29-16-4-2-3-15(11-16)23(25,26)27/h2-13,29H,1H3,(H,28,31). The first-order chi connectivity index (χ1) is 17.7. The van der Waals surface area contributed by atoms with Crippen molar-refractivity contribution in [1.82, 2.24) is 0 Å². The van der Waals surface area contributed by atoms with E-state index in [1.165, 1.54) is 13.0 Å². The largest absolute Gasteiger partial charge is 0.449 e. The third-order valence-electron chi connectivity index (χ3n) is 4.91. The van der Waals surface area contributed by atoms with Gasteiger partial charge in [-0.3, -0.25) is 19.6 Å². The number of rotatable bonds is 8. The van der Waals surface area contributed by atoms with Crippen LogP contribution in [0.4, 0.5) is 30.2 Å². The van der Waals surface area contributed by atoms with Crippen molar-refractivity contribution in [2.75, 3.05) is 10.0 Å². The van der Waals surface area contributed by atoms with Gasteiger partial charge in [-0.15, -0.1) is 0 Å². The van der Waals surface area contributed by atoms with Crippen LogP contribution < -0.4 is 10.0 Å². The Kier molecular flexibility index (Phi) is 8.27. The lowest BCUT2D eigenvalue weighted by Gasteiger charge is -2.14. The number of nitrogens with zero attached hydrogens (tertiary/aromatic N) is 1. The zero-order valence-electron chi connectivity index (χ0n) is 19.2. The molecule has 1 amide bonds. The molecule has 2 N–H and O–H groups in total. The first-order valence-electron chi connectivity index (χ1n) is 10.4. The maximum Gasteiger partial charge on any atom is 0.416 e. The average Bonchev–Trinajstić information content (AvgIpc) is 2.84. The summed E-state index contributed by atoms with van der Waals surface area (Å²) >= 11 is 5.93. The molecule has 10 nitrogen and oxygen atoms in total. The maximum atomic E-state index is 12.9. The molecule has 1 unspecified atom stereocenters. The summed E-state index contributed by atoms with van der Waals surface area (Å²) in [5.74, 6) is -1.84. The second kappa shape index (κ2) is 11.1. The van der Waals surface area contributed by atoms with Gasteiger partial charge in [-0.1, -0.05) is 17.7 Å². The van der Waals surface area contributed by atoms with Crippen LogP contribution in [0.1, 0.15) is 22.8 Å². The molecule has 0 bridgehead atoms. The summed E-state index contributed by atoms with van der Waals surface area (Å²) < 4.78 is 70.9. The van der Waals surface area contributed by atoms with Gasteiger partial charge in [-0.25, -0.2) is 13.2 Å². The van der Waals surface area contributed by atoms with Gasteiger partial charge in [0, 0.05) is 17.8 Å². The highest BCUT2D eigenvalue weighted by Gasteiger charge is 2.31. The minimum absolute atomic E-state index is 0.0121. The summed E-state index contributed by atoms with van der Waals surface area (Å²) in [6.45, 7) is 1.23. The third-order valence-corrected chi connectivity index (χ3v) is 6.64. The molecule has 0 spiro atoms. The lowest BCUT2D eigenvalue weighted by molar-refractivity contribution is -0.384. The summed E-state index contributed by atoms with van der Waals surface area (Å²) in [5, 5.41) is 13.2. The number of non-ortho nitro benzene ring substituents is 1. The van der Waals surface area contributed by atoms with Crippen LogP contribution in [0.5, 0.6) is 0 Å². The fourth-order valence-corrected chi connectivity index (χ4v) is 4.20. The number of hydrogen-bond acceptors (Lipinski definition) is 7. The molecule has 38 heavy (non-hydrogen) atoms. The fourth-order valence-electron chi connectivity index (χ4n) is 2.98. The number of carbonyl (C=O) groups excluding carboxylic acids is 2. The molecular formula is C23H17ClF3N3O7S. The van der Waals surface area contributed by atoms with E-state index in [-0.39, 0.29) is 32.5 Å². The number of nitrogens with one attached hydrogen (secondary N) is 2. The van der Waals surface area contributed by atoms with Crippen molar-refractivity contribution >= 4 is 50.6 Å². The number of nitro groups is 1. The second-order valence-electron chi connectivity index (χ2n) is 7.67. The Bertz CT molecular complexity index is 1500. The normalized spacial score (nSPS) is 12.3. The van der Waals surface area contributed by atoms with Crippen LogP contribution in [-0.4, -0.2) is 31.3 Å². The number of carbonyl (C=O) groups is 2. The number of anilines is 2. The number of benzene rings is 3. The summed E-state index contributed by atoms with van der Waals surface area (Å²) in [7, 11) is -4.30. The van der Waals surface area contributed by atoms with E-state index in [0.29, 0.717) is 6.07 Å². The monoisotopic (exact) mass is 571 g/mol. The number of amides is 1. The number of nitro benzene ring substituents is 1. The molecular weight excluding hydrogens is 555 g/mol. The second-order valence-corrected chi connectivity index (χ2v) is 9.76. The van der Waals surface area contributed by atoms with Gasteiger partial charge in [0.05, 0.1) is 31.7 Å². The van der Waals surface area contributed by atoms with E-state index in [9.17, 15) is 41.3 Å². The van der Waals surface area contributed by atoms with E-state index >= 15 is 0 Å². The molecule has 0 fully saturated rings. The van der Waals surface area contributed by atoms with E-state index in [1.807, 2.05) is 4.72 Å². The summed E-state index contributed by atoms with van der Waals surface area (Å²) in [6.07, 6.45) is -6.04. The molecule has 3 aromatic carbocycles. The van der Waals surface area contributed by atoms with E-state index in [0.717, 1.165) is 54.6 Å². The lowest BCUT2D eigenvalue weighted by atomic mass is 10.2. The maximum absolute atomic E-state index is 12.9. The molecule has 0 aliphatic rings. The molecule has 0 saturated heterocycles. The molecule has 0 saturated carbocycles. The zero-order chi connectivity index (χ0) is 28.3. The molecule has 3 rings (SSSR count). The molecule has 3 aromatic rings. The first-order valence-corrected chi connectivity index (χ1v) is 12.3. The van der Waals surface area contributed by atoms with Crippen LogP contribution in [0.25, 0.3) is 0 Å². The minimum atomic E-state index is -4.66. The Morgan fingerprint density at radius 2 is 1.71 bits per heavy atom. The quantitative estimate of drug-likeness (QED) is 0.213. The van der Waals surface area contributed by atoms with Crippen LogP contribution in [0.15, 0.2) is 71.6 Å². The Balaban J connectivity index is 1.66. The van der Waals surface area contributed by atoms with Crippen molar-refractivity contribution in [2.45, 2.75) is 24.1 Å². The van der Waals surface area contributed by atoms with Crippen LogP contribution in [0, 0.1) is 10.1 Å². The highest BCUT2D eigenvalue weighted by molar-refractivity contribution is 7.92. The number of halogens is 4. The zero-order valence-corrected chi connectivity index (χ0v) is 20.7. The van der Waals surface area contributed by atoms with Gasteiger partial charge in [0.15, 0.2) is 6.10 Å². The molecule has 0 heterocycles. The SMILES string of the molecule is CC(OC(=O)c1ccc(S(=O)(=O)Nc2cccc(C(F)(F)F)c2)cc1)C(=O)Nc1cc([N+](=O)[O-])ccc1Cl. The fraction of sp³-hybridized carbons (Fsp3) is 0.130. The topological polar surface area (TPSA) is 145 Å². The summed E-state index contributed by atoms with van der Waals surface area (Å²) in [4.78, 5) is 34.7. The summed E-state index contributed by atoms with van der Waals surface area (Å²) in [5.41, 5.74) is -1.88. The molecule has 200 valence electrons. The molecule has 15 heteroatoms. The van der Waals surface area contributed by atoms with Gasteiger partial charge in [0.1, 0.15) is 0 Å². The Hall–Kier alpha value is -4.17. The van der Waals surface area contributed by atoms with Crippen LogP contribution in [0.2, 0.25) is 5.02 Å². The number of ether oxygens (including phenoxy) is 1. The van der Waals surface area contributed by atoms with Gasteiger partial charge < -0.3 is 10.1 Å². The number of sulfonamides is 1. The van der Waals surface area contributed by atoms with Crippen molar-refractivity contribution in [2.24, 2.45) is 0 Å². The van der Waals surface area contributed by atoms with Crippen molar-refractivity contribution in [3.05, 3.63) is 93.0 Å². The highest BCUT2D eigenvalue weighted by Crippen LogP contribution is 2.31. The van der Waals surface area contributed by atoms with Crippen molar-refractivity contribution in [3.63, 3.8) is 0 Å². The van der Waals surface area contributed by atoms with Crippen molar-refractivity contribution < 1.29 is 40.8 Å². The van der Waals surface area contributed by atoms with Gasteiger partial charge >= 0.3 is 12.1 Å². The summed E-state index contributed by atoms with van der Waals surface area (Å²) in [6, 6.07) is 11.2. The Morgan fingerprint density at radius 3 is 2.32 bits per heavy atom. The molecule has 0 aliphatic carbocycles. The van der Waals surface area contributed by atoms with Gasteiger partial charge in [-0.2, -0.15) is 13.2 Å². The van der Waals surface area contributed by atoms with E-state index in [1.54, 1.807) is 0 Å². The predicted octanol–water partition coefficient (Wildman–Crippen LogP) is 5.25. The molecule has 0 radical (unpaired) electrons. The smallest absolute Gasteiger partial charge is 0.416 e.